The quantitative estimate of drug-likeness (QED) is 0.822. The number of halogens is 1. The molecule has 3 N–H and O–H groups in total. The molecule has 0 spiro atoms. The Balaban J connectivity index is 1.94. The summed E-state index contributed by atoms with van der Waals surface area (Å²) in [6.07, 6.45) is 3.15. The van der Waals surface area contributed by atoms with Crippen molar-refractivity contribution in [1.29, 1.82) is 0 Å². The molecule has 0 saturated heterocycles. The Bertz CT molecular complexity index is 648. The summed E-state index contributed by atoms with van der Waals surface area (Å²) in [6.45, 7) is 4.44. The summed E-state index contributed by atoms with van der Waals surface area (Å²) in [5.41, 5.74) is 6.96. The Labute approximate surface area is 135 Å². The van der Waals surface area contributed by atoms with Crippen molar-refractivity contribution < 1.29 is 13.6 Å². The average Bonchev–Trinajstić information content (AvgIpc) is 3.01. The molecular weight excluding hydrogens is 297 g/mol. The lowest BCUT2D eigenvalue weighted by Gasteiger charge is -2.26. The van der Waals surface area contributed by atoms with Crippen LogP contribution in [0.5, 0.6) is 0 Å². The normalized spacial score (nSPS) is 11.5. The molecule has 0 atom stereocenters. The Morgan fingerprint density at radius 3 is 2.57 bits per heavy atom. The van der Waals surface area contributed by atoms with Gasteiger partial charge in [-0.3, -0.25) is 4.79 Å². The SMILES string of the molecule is CCC(N)(CC)CNC(=O)Cc1coc(-c2ccc(F)cc2)n1. The van der Waals surface area contributed by atoms with Gasteiger partial charge in [0.25, 0.3) is 0 Å². The van der Waals surface area contributed by atoms with E-state index in [1.807, 2.05) is 13.8 Å². The molecule has 23 heavy (non-hydrogen) atoms. The highest BCUT2D eigenvalue weighted by Gasteiger charge is 2.21. The molecule has 0 aliphatic rings. The van der Waals surface area contributed by atoms with E-state index in [9.17, 15) is 9.18 Å². The van der Waals surface area contributed by atoms with Gasteiger partial charge in [0, 0.05) is 17.6 Å². The number of nitrogens with two attached hydrogens (primary N) is 1. The zero-order valence-electron chi connectivity index (χ0n) is 13.4. The van der Waals surface area contributed by atoms with Crippen LogP contribution in [0.2, 0.25) is 0 Å². The van der Waals surface area contributed by atoms with Crippen molar-refractivity contribution in [2.45, 2.75) is 38.6 Å². The molecule has 2 aromatic rings. The predicted molar refractivity (Wildman–Crippen MR) is 86.1 cm³/mol. The van der Waals surface area contributed by atoms with E-state index >= 15 is 0 Å². The number of benzene rings is 1. The lowest BCUT2D eigenvalue weighted by Crippen LogP contribution is -2.49. The molecule has 0 aliphatic heterocycles. The molecule has 0 fully saturated rings. The number of carbonyl (C=O) groups excluding carboxylic acids is 1. The van der Waals surface area contributed by atoms with Crippen molar-refractivity contribution in [3.8, 4) is 11.5 Å². The monoisotopic (exact) mass is 319 g/mol. The summed E-state index contributed by atoms with van der Waals surface area (Å²) in [4.78, 5) is 16.2. The van der Waals surface area contributed by atoms with Crippen LogP contribution in [0, 0.1) is 5.82 Å². The molecule has 1 amide bonds. The minimum atomic E-state index is -0.376. The highest BCUT2D eigenvalue weighted by Crippen LogP contribution is 2.19. The highest BCUT2D eigenvalue weighted by atomic mass is 19.1. The molecule has 1 heterocycles. The van der Waals surface area contributed by atoms with Crippen LogP contribution in [0.4, 0.5) is 4.39 Å². The van der Waals surface area contributed by atoms with Crippen LogP contribution in [0.1, 0.15) is 32.4 Å². The summed E-state index contributed by atoms with van der Waals surface area (Å²) < 4.78 is 18.2. The Hall–Kier alpha value is -2.21. The van der Waals surface area contributed by atoms with Gasteiger partial charge in [-0.25, -0.2) is 9.37 Å². The number of hydrogen-bond donors (Lipinski definition) is 2. The minimum Gasteiger partial charge on any atom is -0.444 e. The van der Waals surface area contributed by atoms with Crippen molar-refractivity contribution >= 4 is 5.91 Å². The number of carbonyl (C=O) groups is 1. The van der Waals surface area contributed by atoms with E-state index < -0.39 is 0 Å². The molecular formula is C17H22FN3O2. The Kier molecular flexibility index (Phi) is 5.50. The summed E-state index contributed by atoms with van der Waals surface area (Å²) in [7, 11) is 0. The number of oxazole rings is 1. The van der Waals surface area contributed by atoms with E-state index in [0.717, 1.165) is 12.8 Å². The standard InChI is InChI=1S/C17H22FN3O2/c1-3-17(19,4-2)11-20-15(22)9-14-10-23-16(21-14)12-5-7-13(18)8-6-12/h5-8,10H,3-4,9,11,19H2,1-2H3,(H,20,22). The molecule has 1 aromatic heterocycles. The average molecular weight is 319 g/mol. The number of hydrogen-bond acceptors (Lipinski definition) is 4. The van der Waals surface area contributed by atoms with Gasteiger partial charge in [-0.05, 0) is 37.1 Å². The van der Waals surface area contributed by atoms with Crippen LogP contribution in [-0.4, -0.2) is 23.0 Å². The van der Waals surface area contributed by atoms with E-state index in [4.69, 9.17) is 10.2 Å². The van der Waals surface area contributed by atoms with Crippen molar-refractivity contribution in [2.75, 3.05) is 6.54 Å². The molecule has 0 aliphatic carbocycles. The van der Waals surface area contributed by atoms with Crippen molar-refractivity contribution in [3.05, 3.63) is 42.0 Å². The van der Waals surface area contributed by atoms with E-state index in [0.29, 0.717) is 23.7 Å². The molecule has 0 bridgehead atoms. The predicted octanol–water partition coefficient (Wildman–Crippen LogP) is 2.66. The molecule has 0 radical (unpaired) electrons. The largest absolute Gasteiger partial charge is 0.444 e. The van der Waals surface area contributed by atoms with Gasteiger partial charge in [0.05, 0.1) is 12.1 Å². The van der Waals surface area contributed by atoms with E-state index in [-0.39, 0.29) is 23.7 Å². The Morgan fingerprint density at radius 2 is 1.96 bits per heavy atom. The van der Waals surface area contributed by atoms with Crippen molar-refractivity contribution in [2.24, 2.45) is 5.73 Å². The van der Waals surface area contributed by atoms with E-state index in [1.54, 1.807) is 12.1 Å². The first-order chi connectivity index (χ1) is 11.0. The summed E-state index contributed by atoms with van der Waals surface area (Å²) in [5, 5.41) is 2.83. The van der Waals surface area contributed by atoms with Crippen LogP contribution >= 0.6 is 0 Å². The molecule has 6 heteroatoms. The zero-order chi connectivity index (χ0) is 16.9. The summed E-state index contributed by atoms with van der Waals surface area (Å²) in [6, 6.07) is 5.83. The van der Waals surface area contributed by atoms with Gasteiger partial charge >= 0.3 is 0 Å². The van der Waals surface area contributed by atoms with Crippen molar-refractivity contribution in [3.63, 3.8) is 0 Å². The highest BCUT2D eigenvalue weighted by molar-refractivity contribution is 5.78. The van der Waals surface area contributed by atoms with Crippen LogP contribution in [0.15, 0.2) is 34.9 Å². The lowest BCUT2D eigenvalue weighted by molar-refractivity contribution is -0.120. The van der Waals surface area contributed by atoms with Crippen LogP contribution < -0.4 is 11.1 Å². The maximum absolute atomic E-state index is 12.9. The van der Waals surface area contributed by atoms with Gasteiger partial charge in [-0.1, -0.05) is 13.8 Å². The molecule has 1 aromatic carbocycles. The number of rotatable bonds is 7. The maximum atomic E-state index is 12.9. The van der Waals surface area contributed by atoms with Crippen LogP contribution in [0.25, 0.3) is 11.5 Å². The first-order valence-electron chi connectivity index (χ1n) is 7.71. The molecule has 0 unspecified atom stereocenters. The maximum Gasteiger partial charge on any atom is 0.226 e. The van der Waals surface area contributed by atoms with Gasteiger partial charge in [-0.15, -0.1) is 0 Å². The van der Waals surface area contributed by atoms with Gasteiger partial charge in [0.15, 0.2) is 0 Å². The van der Waals surface area contributed by atoms with Gasteiger partial charge < -0.3 is 15.5 Å². The second kappa shape index (κ2) is 7.37. The lowest BCUT2D eigenvalue weighted by atomic mass is 9.94. The third kappa shape index (κ3) is 4.63. The third-order valence-electron chi connectivity index (χ3n) is 4.03. The van der Waals surface area contributed by atoms with Gasteiger partial charge in [0.1, 0.15) is 12.1 Å². The number of amides is 1. The second-order valence-corrected chi connectivity index (χ2v) is 5.67. The fourth-order valence-corrected chi connectivity index (χ4v) is 2.11. The Morgan fingerprint density at radius 1 is 1.30 bits per heavy atom. The topological polar surface area (TPSA) is 81.1 Å². The number of aromatic nitrogens is 1. The fourth-order valence-electron chi connectivity index (χ4n) is 2.11. The van der Waals surface area contributed by atoms with Crippen LogP contribution in [-0.2, 0) is 11.2 Å². The minimum absolute atomic E-state index is 0.119. The third-order valence-corrected chi connectivity index (χ3v) is 4.03. The van der Waals surface area contributed by atoms with Gasteiger partial charge in [-0.2, -0.15) is 0 Å². The number of nitrogens with one attached hydrogen (secondary N) is 1. The zero-order valence-corrected chi connectivity index (χ0v) is 13.4. The van der Waals surface area contributed by atoms with Crippen LogP contribution in [0.3, 0.4) is 0 Å². The molecule has 5 nitrogen and oxygen atoms in total. The number of nitrogens with zero attached hydrogens (tertiary/aromatic N) is 1. The second-order valence-electron chi connectivity index (χ2n) is 5.67. The van der Waals surface area contributed by atoms with Crippen molar-refractivity contribution in [1.82, 2.24) is 10.3 Å². The van der Waals surface area contributed by atoms with E-state index in [2.05, 4.69) is 10.3 Å². The van der Waals surface area contributed by atoms with Gasteiger partial charge in [0.2, 0.25) is 11.8 Å². The fraction of sp³-hybridized carbons (Fsp3) is 0.412. The molecule has 124 valence electrons. The molecule has 0 saturated carbocycles. The first kappa shape index (κ1) is 17.1. The van der Waals surface area contributed by atoms with E-state index in [1.165, 1.54) is 18.4 Å². The summed E-state index contributed by atoms with van der Waals surface area (Å²) >= 11 is 0. The molecule has 2 rings (SSSR count). The summed E-state index contributed by atoms with van der Waals surface area (Å²) in [5.74, 6) is -0.110. The smallest absolute Gasteiger partial charge is 0.226 e. The first-order valence-corrected chi connectivity index (χ1v) is 7.71.